The van der Waals surface area contributed by atoms with Crippen LogP contribution in [0.4, 0.5) is 5.69 Å². The Labute approximate surface area is 93.2 Å². The van der Waals surface area contributed by atoms with E-state index >= 15 is 0 Å². The fraction of sp³-hybridized carbons (Fsp3) is 0.364. The predicted molar refractivity (Wildman–Crippen MR) is 61.9 cm³/mol. The maximum absolute atomic E-state index is 11.4. The minimum Gasteiger partial charge on any atom is -0.297 e. The van der Waals surface area contributed by atoms with E-state index in [1.807, 2.05) is 30.3 Å². The predicted octanol–water partition coefficient (Wildman–Crippen LogP) is 2.10. The first-order valence-corrected chi connectivity index (χ1v) is 6.09. The van der Waals surface area contributed by atoms with Crippen molar-refractivity contribution in [3.63, 3.8) is 0 Å². The van der Waals surface area contributed by atoms with Gasteiger partial charge in [0.2, 0.25) is 0 Å². The van der Waals surface area contributed by atoms with Crippen LogP contribution in [0, 0.1) is 0 Å². The molecule has 1 aromatic carbocycles. The zero-order valence-electron chi connectivity index (χ0n) is 8.31. The fourth-order valence-electron chi connectivity index (χ4n) is 1.36. The topological polar surface area (TPSA) is 38.3 Å². The van der Waals surface area contributed by atoms with Gasteiger partial charge in [-0.2, -0.15) is 11.8 Å². The Morgan fingerprint density at radius 3 is 2.87 bits per heavy atom. The molecule has 0 spiro atoms. The van der Waals surface area contributed by atoms with E-state index in [-0.39, 0.29) is 11.9 Å². The lowest BCUT2D eigenvalue weighted by atomic mass is 10.2. The number of ketones is 1. The minimum absolute atomic E-state index is 0.192. The number of carbonyl (C=O) groups is 1. The highest BCUT2D eigenvalue weighted by Gasteiger charge is 2.23. The summed E-state index contributed by atoms with van der Waals surface area (Å²) in [6, 6.07) is 9.58. The van der Waals surface area contributed by atoms with E-state index in [1.165, 1.54) is 0 Å². The lowest BCUT2D eigenvalue weighted by Gasteiger charge is -2.20. The molecule has 15 heavy (non-hydrogen) atoms. The molecule has 0 bridgehead atoms. The Morgan fingerprint density at radius 1 is 1.33 bits per heavy atom. The van der Waals surface area contributed by atoms with E-state index in [1.54, 1.807) is 11.8 Å². The van der Waals surface area contributed by atoms with Gasteiger partial charge in [-0.05, 0) is 12.1 Å². The highest BCUT2D eigenvalue weighted by Crippen LogP contribution is 2.17. The Bertz CT molecular complexity index is 329. The average molecular weight is 223 g/mol. The van der Waals surface area contributed by atoms with Crippen molar-refractivity contribution in [1.82, 2.24) is 0 Å². The van der Waals surface area contributed by atoms with Crippen molar-refractivity contribution in [2.24, 2.45) is 0 Å². The molecule has 1 unspecified atom stereocenters. The van der Waals surface area contributed by atoms with E-state index in [0.29, 0.717) is 6.42 Å². The molecule has 1 aromatic rings. The summed E-state index contributed by atoms with van der Waals surface area (Å²) < 4.78 is 0. The van der Waals surface area contributed by atoms with Crippen LogP contribution >= 0.6 is 11.8 Å². The van der Waals surface area contributed by atoms with E-state index in [2.05, 4.69) is 5.48 Å². The van der Waals surface area contributed by atoms with E-state index in [9.17, 15) is 4.79 Å². The van der Waals surface area contributed by atoms with Crippen LogP contribution in [-0.4, -0.2) is 23.4 Å². The zero-order valence-corrected chi connectivity index (χ0v) is 9.13. The Morgan fingerprint density at radius 2 is 2.13 bits per heavy atom. The van der Waals surface area contributed by atoms with Gasteiger partial charge >= 0.3 is 0 Å². The number of hydrogen-bond acceptors (Lipinski definition) is 4. The summed E-state index contributed by atoms with van der Waals surface area (Å²) in [5.74, 6) is 1.86. The molecule has 0 aliphatic carbocycles. The van der Waals surface area contributed by atoms with E-state index in [4.69, 9.17) is 4.84 Å². The van der Waals surface area contributed by atoms with Crippen molar-refractivity contribution in [3.8, 4) is 0 Å². The number of rotatable bonds is 3. The summed E-state index contributed by atoms with van der Waals surface area (Å²) in [6.45, 7) is 0. The average Bonchev–Trinajstić information content (AvgIpc) is 2.29. The normalized spacial score (nSPS) is 21.3. The molecule has 80 valence electrons. The van der Waals surface area contributed by atoms with Crippen molar-refractivity contribution in [3.05, 3.63) is 30.3 Å². The molecule has 4 heteroatoms. The van der Waals surface area contributed by atoms with Gasteiger partial charge in [0.1, 0.15) is 0 Å². The number of carbonyl (C=O) groups excluding carboxylic acids is 1. The molecule has 0 amide bonds. The number of Topliss-reactive ketones (excluding diaryl/α,β-unsaturated/α-hetero) is 1. The lowest BCUT2D eigenvalue weighted by molar-refractivity contribution is -0.127. The summed E-state index contributed by atoms with van der Waals surface area (Å²) in [4.78, 5) is 16.8. The van der Waals surface area contributed by atoms with E-state index < -0.39 is 0 Å². The first-order valence-electron chi connectivity index (χ1n) is 4.93. The number of thioether (sulfide) groups is 1. The first-order chi connectivity index (χ1) is 7.36. The second-order valence-electron chi connectivity index (χ2n) is 3.37. The van der Waals surface area contributed by atoms with Gasteiger partial charge < -0.3 is 0 Å². The van der Waals surface area contributed by atoms with Crippen molar-refractivity contribution in [2.75, 3.05) is 17.0 Å². The number of para-hydroxylation sites is 1. The van der Waals surface area contributed by atoms with Crippen LogP contribution < -0.4 is 5.48 Å². The largest absolute Gasteiger partial charge is 0.297 e. The summed E-state index contributed by atoms with van der Waals surface area (Å²) in [5.41, 5.74) is 3.69. The van der Waals surface area contributed by atoms with Crippen LogP contribution in [0.25, 0.3) is 0 Å². The van der Waals surface area contributed by atoms with E-state index in [0.717, 1.165) is 17.2 Å². The van der Waals surface area contributed by atoms with Gasteiger partial charge in [0.15, 0.2) is 11.9 Å². The van der Waals surface area contributed by atoms with Gasteiger partial charge in [-0.1, -0.05) is 18.2 Å². The summed E-state index contributed by atoms with van der Waals surface area (Å²) in [6.07, 6.45) is 0.315. The second kappa shape index (κ2) is 5.19. The minimum atomic E-state index is -0.302. The molecule has 1 aliphatic rings. The third kappa shape index (κ3) is 2.97. The van der Waals surface area contributed by atoms with Gasteiger partial charge in [-0.3, -0.25) is 15.1 Å². The summed E-state index contributed by atoms with van der Waals surface area (Å²) in [7, 11) is 0. The molecule has 1 saturated heterocycles. The Kier molecular flexibility index (Phi) is 3.64. The van der Waals surface area contributed by atoms with Gasteiger partial charge in [0.25, 0.3) is 0 Å². The molecule has 0 saturated carbocycles. The smallest absolute Gasteiger partial charge is 0.165 e. The fourth-order valence-corrected chi connectivity index (χ4v) is 2.34. The number of nitrogens with one attached hydrogen (secondary N) is 1. The molecular weight excluding hydrogens is 210 g/mol. The monoisotopic (exact) mass is 223 g/mol. The first kappa shape index (κ1) is 10.5. The van der Waals surface area contributed by atoms with Gasteiger partial charge in [-0.25, -0.2) is 0 Å². The van der Waals surface area contributed by atoms with Gasteiger partial charge in [0, 0.05) is 17.9 Å². The Hall–Kier alpha value is -1.00. The van der Waals surface area contributed by atoms with Crippen LogP contribution in [0.3, 0.4) is 0 Å². The third-order valence-electron chi connectivity index (χ3n) is 2.21. The maximum atomic E-state index is 11.4. The highest BCUT2D eigenvalue weighted by atomic mass is 32.2. The molecule has 1 heterocycles. The van der Waals surface area contributed by atoms with Gasteiger partial charge in [-0.15, -0.1) is 0 Å². The summed E-state index contributed by atoms with van der Waals surface area (Å²) in [5, 5.41) is 0. The number of anilines is 1. The molecule has 0 aromatic heterocycles. The zero-order chi connectivity index (χ0) is 10.5. The summed E-state index contributed by atoms with van der Waals surface area (Å²) >= 11 is 1.76. The highest BCUT2D eigenvalue weighted by molar-refractivity contribution is 7.99. The van der Waals surface area contributed by atoms with Crippen LogP contribution in [-0.2, 0) is 9.63 Å². The number of benzene rings is 1. The van der Waals surface area contributed by atoms with Crippen LogP contribution in [0.5, 0.6) is 0 Å². The molecule has 1 atom stereocenters. The molecule has 2 rings (SSSR count). The second-order valence-corrected chi connectivity index (χ2v) is 4.52. The quantitative estimate of drug-likeness (QED) is 0.796. The molecular formula is C11H13NO2S. The maximum Gasteiger partial charge on any atom is 0.165 e. The van der Waals surface area contributed by atoms with Crippen molar-refractivity contribution in [1.29, 1.82) is 0 Å². The standard InChI is InChI=1S/C11H13NO2S/c13-10-6-7-15-8-11(10)14-12-9-4-2-1-3-5-9/h1-5,11-12H,6-8H2. The molecule has 1 fully saturated rings. The molecule has 0 radical (unpaired) electrons. The third-order valence-corrected chi connectivity index (χ3v) is 3.25. The van der Waals surface area contributed by atoms with Crippen molar-refractivity contribution in [2.45, 2.75) is 12.5 Å². The number of hydrogen-bond donors (Lipinski definition) is 1. The van der Waals surface area contributed by atoms with Crippen LogP contribution in [0.1, 0.15) is 6.42 Å². The lowest BCUT2D eigenvalue weighted by Crippen LogP contribution is -2.32. The van der Waals surface area contributed by atoms with Crippen LogP contribution in [0.2, 0.25) is 0 Å². The van der Waals surface area contributed by atoms with Crippen LogP contribution in [0.15, 0.2) is 30.3 Å². The van der Waals surface area contributed by atoms with Crippen molar-refractivity contribution < 1.29 is 9.63 Å². The Balaban J connectivity index is 1.85. The molecule has 1 N–H and O–H groups in total. The molecule has 1 aliphatic heterocycles. The van der Waals surface area contributed by atoms with Gasteiger partial charge in [0.05, 0.1) is 5.69 Å². The SMILES string of the molecule is O=C1CCSCC1ONc1ccccc1. The molecule has 3 nitrogen and oxygen atoms in total. The van der Waals surface area contributed by atoms with Crippen molar-refractivity contribution >= 4 is 23.2 Å².